The van der Waals surface area contributed by atoms with Crippen molar-refractivity contribution in [3.05, 3.63) is 224 Å². The van der Waals surface area contributed by atoms with Crippen molar-refractivity contribution < 1.29 is 8.83 Å². The zero-order valence-electron chi connectivity index (χ0n) is 34.1. The second-order valence-corrected chi connectivity index (χ2v) is 16.5. The molecule has 13 aromatic rings. The molecule has 0 N–H and O–H groups in total. The van der Waals surface area contributed by atoms with Crippen LogP contribution in [0, 0.1) is 0 Å². The minimum absolute atomic E-state index is 0.900. The molecule has 3 aromatic heterocycles. The van der Waals surface area contributed by atoms with E-state index in [1.807, 2.05) is 24.3 Å². The number of furan rings is 2. The third kappa shape index (κ3) is 5.89. The summed E-state index contributed by atoms with van der Waals surface area (Å²) < 4.78 is 14.8. The second-order valence-electron chi connectivity index (χ2n) is 16.5. The number of aromatic nitrogens is 1. The van der Waals surface area contributed by atoms with E-state index in [0.29, 0.717) is 0 Å². The van der Waals surface area contributed by atoms with Crippen LogP contribution in [0.1, 0.15) is 0 Å². The van der Waals surface area contributed by atoms with E-state index in [-0.39, 0.29) is 0 Å². The van der Waals surface area contributed by atoms with Gasteiger partial charge in [-0.3, -0.25) is 0 Å². The first-order chi connectivity index (χ1) is 31.2. The molecule has 294 valence electrons. The van der Waals surface area contributed by atoms with E-state index in [4.69, 9.17) is 8.83 Å². The summed E-state index contributed by atoms with van der Waals surface area (Å²) in [5.74, 6) is 0. The average molecular weight is 804 g/mol. The summed E-state index contributed by atoms with van der Waals surface area (Å²) in [6.45, 7) is 0. The summed E-state index contributed by atoms with van der Waals surface area (Å²) in [7, 11) is 0. The zero-order chi connectivity index (χ0) is 41.4. The minimum Gasteiger partial charge on any atom is -0.456 e. The lowest BCUT2D eigenvalue weighted by Gasteiger charge is -2.15. The van der Waals surface area contributed by atoms with Crippen LogP contribution < -0.4 is 0 Å². The second kappa shape index (κ2) is 14.1. The highest BCUT2D eigenvalue weighted by atomic mass is 16.3. The topological polar surface area (TPSA) is 31.2 Å². The molecular formula is C60H37NO2. The Morgan fingerprint density at radius 2 is 0.571 bits per heavy atom. The molecule has 0 fully saturated rings. The number of hydrogen-bond acceptors (Lipinski definition) is 2. The van der Waals surface area contributed by atoms with Crippen LogP contribution in [0.4, 0.5) is 0 Å². The average Bonchev–Trinajstić information content (AvgIpc) is 4.03. The van der Waals surface area contributed by atoms with E-state index < -0.39 is 0 Å². The van der Waals surface area contributed by atoms with Gasteiger partial charge in [-0.25, -0.2) is 0 Å². The monoisotopic (exact) mass is 803 g/mol. The Kier molecular flexibility index (Phi) is 7.91. The first-order valence-corrected chi connectivity index (χ1v) is 21.5. The number of benzene rings is 10. The van der Waals surface area contributed by atoms with E-state index in [0.717, 1.165) is 105 Å². The van der Waals surface area contributed by atoms with E-state index >= 15 is 0 Å². The maximum atomic E-state index is 6.18. The molecule has 0 unspecified atom stereocenters. The Morgan fingerprint density at radius 3 is 1.06 bits per heavy atom. The predicted molar refractivity (Wildman–Crippen MR) is 263 cm³/mol. The van der Waals surface area contributed by atoms with Crippen LogP contribution in [-0.4, -0.2) is 4.57 Å². The van der Waals surface area contributed by atoms with Gasteiger partial charge in [0.15, 0.2) is 0 Å². The quantitative estimate of drug-likeness (QED) is 0.168. The van der Waals surface area contributed by atoms with Crippen molar-refractivity contribution >= 4 is 65.7 Å². The minimum atomic E-state index is 0.900. The van der Waals surface area contributed by atoms with Crippen molar-refractivity contribution in [2.24, 2.45) is 0 Å². The molecular weight excluding hydrogens is 767 g/mol. The number of para-hydroxylation sites is 4. The molecule has 10 aromatic carbocycles. The Bertz CT molecular complexity index is 3700. The third-order valence-corrected chi connectivity index (χ3v) is 12.8. The van der Waals surface area contributed by atoms with Crippen molar-refractivity contribution in [3.8, 4) is 61.3 Å². The molecule has 0 saturated carbocycles. The Hall–Kier alpha value is -8.40. The van der Waals surface area contributed by atoms with Gasteiger partial charge in [-0.1, -0.05) is 133 Å². The maximum Gasteiger partial charge on any atom is 0.135 e. The number of nitrogens with zero attached hydrogens (tertiary/aromatic N) is 1. The van der Waals surface area contributed by atoms with Gasteiger partial charge in [-0.15, -0.1) is 0 Å². The number of hydrogen-bond donors (Lipinski definition) is 0. The van der Waals surface area contributed by atoms with E-state index in [2.05, 4.69) is 205 Å². The molecule has 0 bridgehead atoms. The summed E-state index contributed by atoms with van der Waals surface area (Å²) in [5.41, 5.74) is 18.7. The smallest absolute Gasteiger partial charge is 0.135 e. The fourth-order valence-corrected chi connectivity index (χ4v) is 9.72. The van der Waals surface area contributed by atoms with Crippen LogP contribution >= 0.6 is 0 Å². The summed E-state index contributed by atoms with van der Waals surface area (Å²) in [4.78, 5) is 0. The standard InChI is InChI=1S/C60H37NO2/c1-5-22-55-49(18-1)50-19-2-6-23-56(50)61(55)48-17-11-16-42(35-48)47-33-45(40-14-9-12-38(30-40)43-26-28-59-53(36-43)51-20-3-7-24-57(51)62-59)32-46(34-47)41-15-10-13-39(31-41)44-27-29-60-54(37-44)52-21-4-8-25-58(52)63-60/h1-37H. The van der Waals surface area contributed by atoms with Crippen molar-refractivity contribution in [2.75, 3.05) is 0 Å². The first-order valence-electron chi connectivity index (χ1n) is 21.5. The molecule has 13 rings (SSSR count). The van der Waals surface area contributed by atoms with E-state index in [1.165, 1.54) is 21.8 Å². The molecule has 0 spiro atoms. The molecule has 3 heteroatoms. The molecule has 0 atom stereocenters. The van der Waals surface area contributed by atoms with Gasteiger partial charge in [0.05, 0.1) is 11.0 Å². The Morgan fingerprint density at radius 1 is 0.222 bits per heavy atom. The SMILES string of the molecule is c1cc(-c2cc(-c3cccc(-c4ccc5oc6ccccc6c5c4)c3)cc(-c3cccc(-n4c5ccccc5c5ccccc54)c3)c2)cc(-c2ccc3oc4ccccc4c3c2)c1. The molecule has 0 aliphatic heterocycles. The predicted octanol–water partition coefficient (Wildman–Crippen LogP) is 16.9. The summed E-state index contributed by atoms with van der Waals surface area (Å²) in [6, 6.07) is 80.9. The highest BCUT2D eigenvalue weighted by molar-refractivity contribution is 6.10. The van der Waals surface area contributed by atoms with E-state index in [1.54, 1.807) is 0 Å². The van der Waals surface area contributed by atoms with Crippen LogP contribution in [0.5, 0.6) is 0 Å². The molecule has 63 heavy (non-hydrogen) atoms. The van der Waals surface area contributed by atoms with Crippen LogP contribution in [-0.2, 0) is 0 Å². The van der Waals surface area contributed by atoms with Crippen molar-refractivity contribution in [2.45, 2.75) is 0 Å². The first kappa shape index (κ1) is 35.4. The molecule has 0 amide bonds. The fourth-order valence-electron chi connectivity index (χ4n) is 9.72. The van der Waals surface area contributed by atoms with Crippen LogP contribution in [0.25, 0.3) is 127 Å². The molecule has 0 aliphatic rings. The van der Waals surface area contributed by atoms with Crippen LogP contribution in [0.3, 0.4) is 0 Å². The lowest BCUT2D eigenvalue weighted by Crippen LogP contribution is -1.94. The van der Waals surface area contributed by atoms with Gasteiger partial charge in [-0.2, -0.15) is 0 Å². The summed E-state index contributed by atoms with van der Waals surface area (Å²) >= 11 is 0. The molecule has 0 radical (unpaired) electrons. The summed E-state index contributed by atoms with van der Waals surface area (Å²) in [6.07, 6.45) is 0. The number of fused-ring (bicyclic) bond motifs is 9. The maximum absolute atomic E-state index is 6.18. The van der Waals surface area contributed by atoms with Gasteiger partial charge in [0.1, 0.15) is 22.3 Å². The summed E-state index contributed by atoms with van der Waals surface area (Å²) in [5, 5.41) is 7.02. The van der Waals surface area contributed by atoms with Gasteiger partial charge in [-0.05, 0) is 147 Å². The lowest BCUT2D eigenvalue weighted by atomic mass is 9.91. The van der Waals surface area contributed by atoms with E-state index in [9.17, 15) is 0 Å². The number of rotatable bonds is 6. The highest BCUT2D eigenvalue weighted by Crippen LogP contribution is 2.40. The Balaban J connectivity index is 0.967. The highest BCUT2D eigenvalue weighted by Gasteiger charge is 2.16. The van der Waals surface area contributed by atoms with Crippen LogP contribution in [0.2, 0.25) is 0 Å². The molecule has 3 heterocycles. The van der Waals surface area contributed by atoms with Gasteiger partial charge in [0.2, 0.25) is 0 Å². The van der Waals surface area contributed by atoms with Crippen LogP contribution in [0.15, 0.2) is 233 Å². The normalized spacial score (nSPS) is 11.8. The molecule has 0 aliphatic carbocycles. The zero-order valence-corrected chi connectivity index (χ0v) is 34.1. The van der Waals surface area contributed by atoms with Crippen molar-refractivity contribution in [1.29, 1.82) is 0 Å². The molecule has 0 saturated heterocycles. The van der Waals surface area contributed by atoms with Gasteiger partial charge in [0, 0.05) is 38.0 Å². The van der Waals surface area contributed by atoms with Crippen molar-refractivity contribution in [3.63, 3.8) is 0 Å². The third-order valence-electron chi connectivity index (χ3n) is 12.8. The Labute approximate surface area is 363 Å². The molecule has 3 nitrogen and oxygen atoms in total. The largest absolute Gasteiger partial charge is 0.456 e. The lowest BCUT2D eigenvalue weighted by molar-refractivity contribution is 0.668. The van der Waals surface area contributed by atoms with Gasteiger partial charge >= 0.3 is 0 Å². The fraction of sp³-hybridized carbons (Fsp3) is 0. The van der Waals surface area contributed by atoms with Crippen molar-refractivity contribution in [1.82, 2.24) is 4.57 Å². The van der Waals surface area contributed by atoms with Gasteiger partial charge < -0.3 is 13.4 Å². The van der Waals surface area contributed by atoms with Gasteiger partial charge in [0.25, 0.3) is 0 Å².